The van der Waals surface area contributed by atoms with Gasteiger partial charge in [-0.3, -0.25) is 14.2 Å². The molecule has 2 N–H and O–H groups in total. The van der Waals surface area contributed by atoms with Crippen LogP contribution < -0.4 is 10.9 Å². The largest absolute Gasteiger partial charge is 0.506 e. The van der Waals surface area contributed by atoms with E-state index in [1.165, 1.54) is 30.5 Å². The molecule has 0 fully saturated rings. The number of para-hydroxylation sites is 1. The summed E-state index contributed by atoms with van der Waals surface area (Å²) in [4.78, 5) is 29.3. The summed E-state index contributed by atoms with van der Waals surface area (Å²) in [6.07, 6.45) is 1.40. The molecule has 1 aliphatic heterocycles. The van der Waals surface area contributed by atoms with Gasteiger partial charge >= 0.3 is 5.97 Å². The number of ether oxygens (including phenoxy) is 1. The number of hydrogen-bond acceptors (Lipinski definition) is 8. The van der Waals surface area contributed by atoms with Gasteiger partial charge in [-0.1, -0.05) is 12.1 Å². The van der Waals surface area contributed by atoms with E-state index in [1.54, 1.807) is 19.1 Å². The zero-order valence-corrected chi connectivity index (χ0v) is 16.5. The van der Waals surface area contributed by atoms with Crippen molar-refractivity contribution in [1.29, 1.82) is 0 Å². The van der Waals surface area contributed by atoms with Crippen LogP contribution in [0.2, 0.25) is 0 Å². The highest BCUT2D eigenvalue weighted by atomic mass is 32.2. The van der Waals surface area contributed by atoms with Crippen LogP contribution >= 0.6 is 0 Å². The smallest absolute Gasteiger partial charge is 0.326 e. The predicted molar refractivity (Wildman–Crippen MR) is 108 cm³/mol. The molecule has 4 rings (SSSR count). The first-order valence-corrected chi connectivity index (χ1v) is 10.3. The molecule has 154 valence electrons. The number of rotatable bonds is 4. The van der Waals surface area contributed by atoms with Crippen LogP contribution in [0.25, 0.3) is 11.0 Å². The van der Waals surface area contributed by atoms with E-state index in [9.17, 15) is 23.1 Å². The van der Waals surface area contributed by atoms with Crippen LogP contribution in [0.3, 0.4) is 0 Å². The molecule has 11 heteroatoms. The molecule has 0 atom stereocenters. The Bertz CT molecular complexity index is 1380. The first-order chi connectivity index (χ1) is 14.3. The van der Waals surface area contributed by atoms with Crippen molar-refractivity contribution >= 4 is 38.5 Å². The number of nitrogens with one attached hydrogen (secondary N) is 1. The van der Waals surface area contributed by atoms with E-state index in [2.05, 4.69) is 14.7 Å². The molecule has 1 aromatic carbocycles. The maximum Gasteiger partial charge on any atom is 0.326 e. The van der Waals surface area contributed by atoms with E-state index in [-0.39, 0.29) is 34.1 Å². The van der Waals surface area contributed by atoms with E-state index in [4.69, 9.17) is 4.74 Å². The molecule has 2 aromatic heterocycles. The number of pyridine rings is 2. The highest BCUT2D eigenvalue weighted by molar-refractivity contribution is 7.90. The van der Waals surface area contributed by atoms with Crippen LogP contribution in [0.15, 0.2) is 56.7 Å². The number of carbonyl (C=O) groups is 1. The van der Waals surface area contributed by atoms with Gasteiger partial charge in [0.15, 0.2) is 5.84 Å². The minimum absolute atomic E-state index is 0.0523. The quantitative estimate of drug-likeness (QED) is 0.591. The normalized spacial score (nSPS) is 14.5. The second kappa shape index (κ2) is 7.26. The van der Waals surface area contributed by atoms with Crippen LogP contribution in [0.1, 0.15) is 12.5 Å². The van der Waals surface area contributed by atoms with Crippen molar-refractivity contribution in [2.24, 2.45) is 4.40 Å². The Morgan fingerprint density at radius 2 is 2.00 bits per heavy atom. The maximum atomic E-state index is 13.2. The molecule has 0 spiro atoms. The number of aromatic hydroxyl groups is 1. The van der Waals surface area contributed by atoms with E-state index in [1.807, 2.05) is 0 Å². The molecule has 1 aliphatic rings. The molecule has 0 aliphatic carbocycles. The number of amidine groups is 1. The molecule has 3 aromatic rings. The van der Waals surface area contributed by atoms with Gasteiger partial charge in [0, 0.05) is 6.20 Å². The first kappa shape index (κ1) is 19.6. The summed E-state index contributed by atoms with van der Waals surface area (Å²) in [5.41, 5.74) is -0.966. The van der Waals surface area contributed by atoms with E-state index < -0.39 is 39.4 Å². The van der Waals surface area contributed by atoms with Gasteiger partial charge in [0.2, 0.25) is 0 Å². The number of nitrogens with zero attached hydrogens (tertiary/aromatic N) is 3. The molecule has 3 heterocycles. The Hall–Kier alpha value is -3.73. The molecular formula is C19H16N4O6S. The molecule has 0 saturated carbocycles. The van der Waals surface area contributed by atoms with Crippen LogP contribution in [0, 0.1) is 0 Å². The number of esters is 1. The summed E-state index contributed by atoms with van der Waals surface area (Å²) >= 11 is 0. The molecule has 0 saturated heterocycles. The maximum absolute atomic E-state index is 13.2. The molecule has 30 heavy (non-hydrogen) atoms. The monoisotopic (exact) mass is 428 g/mol. The zero-order valence-electron chi connectivity index (χ0n) is 15.7. The van der Waals surface area contributed by atoms with Gasteiger partial charge in [-0.25, -0.2) is 4.98 Å². The fourth-order valence-electron chi connectivity index (χ4n) is 3.18. The van der Waals surface area contributed by atoms with Crippen molar-refractivity contribution in [2.45, 2.75) is 18.4 Å². The number of benzene rings is 1. The molecular weight excluding hydrogens is 412 g/mol. The summed E-state index contributed by atoms with van der Waals surface area (Å²) < 4.78 is 34.8. The van der Waals surface area contributed by atoms with E-state index in [0.29, 0.717) is 0 Å². The second-order valence-corrected chi connectivity index (χ2v) is 7.90. The van der Waals surface area contributed by atoms with Crippen LogP contribution in [-0.4, -0.2) is 41.5 Å². The van der Waals surface area contributed by atoms with Gasteiger partial charge in [0.05, 0.1) is 17.7 Å². The van der Waals surface area contributed by atoms with Crippen molar-refractivity contribution in [3.05, 3.63) is 58.5 Å². The second-order valence-electron chi connectivity index (χ2n) is 6.33. The van der Waals surface area contributed by atoms with Crippen molar-refractivity contribution in [2.75, 3.05) is 11.9 Å². The average molecular weight is 428 g/mol. The molecule has 10 nitrogen and oxygen atoms in total. The summed E-state index contributed by atoms with van der Waals surface area (Å²) in [6, 6.07) is 9.08. The molecule has 0 amide bonds. The van der Waals surface area contributed by atoms with Crippen molar-refractivity contribution < 1.29 is 23.1 Å². The molecule has 0 radical (unpaired) electrons. The lowest BCUT2D eigenvalue weighted by atomic mass is 10.1. The summed E-state index contributed by atoms with van der Waals surface area (Å²) in [5.74, 6) is -1.52. The number of aromatic nitrogens is 2. The lowest BCUT2D eigenvalue weighted by molar-refractivity contribution is -0.143. The summed E-state index contributed by atoms with van der Waals surface area (Å²) in [7, 11) is -4.11. The minimum atomic E-state index is -4.11. The van der Waals surface area contributed by atoms with E-state index >= 15 is 0 Å². The summed E-state index contributed by atoms with van der Waals surface area (Å²) in [6.45, 7) is 1.28. The van der Waals surface area contributed by atoms with Gasteiger partial charge in [0.25, 0.3) is 15.6 Å². The number of anilines is 1. The Labute approximate surface area is 170 Å². The van der Waals surface area contributed by atoms with Crippen molar-refractivity contribution in [1.82, 2.24) is 9.55 Å². The third-order valence-electron chi connectivity index (χ3n) is 4.45. The lowest BCUT2D eigenvalue weighted by Crippen LogP contribution is -2.34. The lowest BCUT2D eigenvalue weighted by Gasteiger charge is -2.20. The van der Waals surface area contributed by atoms with Gasteiger partial charge in [0.1, 0.15) is 28.4 Å². The number of sulfonamides is 1. The van der Waals surface area contributed by atoms with Crippen molar-refractivity contribution in [3.8, 4) is 5.75 Å². The first-order valence-electron chi connectivity index (χ1n) is 8.91. The topological polar surface area (TPSA) is 140 Å². The number of hydrogen-bond donors (Lipinski definition) is 2. The van der Waals surface area contributed by atoms with Crippen LogP contribution in [0.4, 0.5) is 5.69 Å². The summed E-state index contributed by atoms with van der Waals surface area (Å²) in [5, 5.41) is 13.7. The standard InChI is InChI=1S/C19H16N4O6S/c1-2-29-14(24)10-23-18-11(6-5-9-20-18)16(25)15(19(23)26)17-21-12-7-3-4-8-13(12)30(27,28)22-17/h3-9,25H,2,10H2,1H3,(H,21,22). The van der Waals surface area contributed by atoms with Crippen LogP contribution in [0.5, 0.6) is 5.75 Å². The highest BCUT2D eigenvalue weighted by Gasteiger charge is 2.30. The molecule has 0 unspecified atom stereocenters. The Balaban J connectivity index is 1.98. The van der Waals surface area contributed by atoms with Gasteiger partial charge < -0.3 is 15.2 Å². The third-order valence-corrected chi connectivity index (χ3v) is 5.79. The Morgan fingerprint density at radius 1 is 1.23 bits per heavy atom. The number of carbonyl (C=O) groups excluding carboxylic acids is 1. The van der Waals surface area contributed by atoms with Crippen molar-refractivity contribution in [3.63, 3.8) is 0 Å². The van der Waals surface area contributed by atoms with Crippen LogP contribution in [-0.2, 0) is 26.1 Å². The van der Waals surface area contributed by atoms with Gasteiger partial charge in [-0.05, 0) is 31.2 Å². The minimum Gasteiger partial charge on any atom is -0.506 e. The predicted octanol–water partition coefficient (Wildman–Crippen LogP) is 1.23. The Morgan fingerprint density at radius 3 is 2.77 bits per heavy atom. The Kier molecular flexibility index (Phi) is 4.74. The fourth-order valence-corrected chi connectivity index (χ4v) is 4.31. The zero-order chi connectivity index (χ0) is 21.5. The van der Waals surface area contributed by atoms with Gasteiger partial charge in [-0.2, -0.15) is 8.42 Å². The molecule has 0 bridgehead atoms. The fraction of sp³-hybridized carbons (Fsp3) is 0.158. The number of fused-ring (bicyclic) bond motifs is 2. The van der Waals surface area contributed by atoms with E-state index in [0.717, 1.165) is 4.57 Å². The SMILES string of the molecule is CCOC(=O)Cn1c(=O)c(C2=NS(=O)(=O)c3ccccc3N2)c(O)c2cccnc21. The highest BCUT2D eigenvalue weighted by Crippen LogP contribution is 2.31. The van der Waals surface area contributed by atoms with Gasteiger partial charge in [-0.15, -0.1) is 4.40 Å². The third kappa shape index (κ3) is 3.18. The average Bonchev–Trinajstić information content (AvgIpc) is 2.71.